The van der Waals surface area contributed by atoms with Crippen molar-refractivity contribution in [2.75, 3.05) is 20.1 Å². The zero-order chi connectivity index (χ0) is 23.3. The van der Waals surface area contributed by atoms with E-state index < -0.39 is 0 Å². The zero-order valence-corrected chi connectivity index (χ0v) is 21.6. The van der Waals surface area contributed by atoms with Gasteiger partial charge < -0.3 is 4.90 Å². The molecule has 0 radical (unpaired) electrons. The number of aryl methyl sites for hydroxylation is 1. The van der Waals surface area contributed by atoms with E-state index in [1.807, 2.05) is 13.8 Å². The average molecular weight is 412 g/mol. The van der Waals surface area contributed by atoms with E-state index in [2.05, 4.69) is 90.9 Å². The first-order valence-corrected chi connectivity index (χ1v) is 11.9. The van der Waals surface area contributed by atoms with E-state index in [0.717, 1.165) is 19.4 Å². The van der Waals surface area contributed by atoms with Crippen molar-refractivity contribution in [3.05, 3.63) is 70.8 Å². The first-order valence-electron chi connectivity index (χ1n) is 11.9. The molecule has 1 heteroatoms. The van der Waals surface area contributed by atoms with Crippen molar-refractivity contribution in [1.82, 2.24) is 4.90 Å². The van der Waals surface area contributed by atoms with Crippen LogP contribution < -0.4 is 0 Å². The molecule has 1 unspecified atom stereocenters. The highest BCUT2D eigenvalue weighted by atomic mass is 15.1. The second-order valence-corrected chi connectivity index (χ2v) is 8.93. The number of likely N-dealkylation sites (N-methyl/N-ethyl adjacent to an activating group) is 1. The maximum atomic E-state index is 4.32. The minimum Gasteiger partial charge on any atom is -0.302 e. The van der Waals surface area contributed by atoms with Crippen molar-refractivity contribution >= 4 is 0 Å². The molecule has 0 fully saturated rings. The third kappa shape index (κ3) is 10.4. The van der Waals surface area contributed by atoms with E-state index in [-0.39, 0.29) is 0 Å². The maximum Gasteiger partial charge on any atom is 0.0232 e. The van der Waals surface area contributed by atoms with Gasteiger partial charge in [0.25, 0.3) is 0 Å². The lowest BCUT2D eigenvalue weighted by atomic mass is 9.86. The highest BCUT2D eigenvalue weighted by Crippen LogP contribution is 2.29. The first-order chi connectivity index (χ1) is 14.1. The van der Waals surface area contributed by atoms with Crippen LogP contribution >= 0.6 is 0 Å². The molecule has 1 nitrogen and oxygen atoms in total. The van der Waals surface area contributed by atoms with Crippen molar-refractivity contribution in [3.8, 4) is 0 Å². The molecule has 1 aromatic carbocycles. The number of allylic oxidation sites excluding steroid dienone is 1. The van der Waals surface area contributed by atoms with Gasteiger partial charge in [-0.1, -0.05) is 108 Å². The molecule has 0 saturated carbocycles. The molecule has 0 aromatic heterocycles. The molecule has 1 atom stereocenters. The van der Waals surface area contributed by atoms with Crippen LogP contribution in [0.4, 0.5) is 0 Å². The fourth-order valence-corrected chi connectivity index (χ4v) is 3.56. The van der Waals surface area contributed by atoms with Crippen LogP contribution in [0.1, 0.15) is 91.2 Å². The summed E-state index contributed by atoms with van der Waals surface area (Å²) in [5, 5.41) is 0. The quantitative estimate of drug-likeness (QED) is 0.405. The van der Waals surface area contributed by atoms with Crippen LogP contribution in [0.3, 0.4) is 0 Å². The molecule has 1 heterocycles. The number of nitrogens with zero attached hydrogens (tertiary/aromatic N) is 1. The van der Waals surface area contributed by atoms with Crippen LogP contribution in [0, 0.1) is 12.8 Å². The summed E-state index contributed by atoms with van der Waals surface area (Å²) in [7, 11) is 2.19. The SMILES string of the molecule is C=C(CC(C)C(=C)CCC)C1=C(C)CCN(C)C1.CC.Cc1ccc(C(C)C)cc1. The van der Waals surface area contributed by atoms with Gasteiger partial charge in [0.2, 0.25) is 0 Å². The van der Waals surface area contributed by atoms with Crippen LogP contribution in [0.2, 0.25) is 0 Å². The Kier molecular flexibility index (Phi) is 14.4. The lowest BCUT2D eigenvalue weighted by Crippen LogP contribution is -2.28. The summed E-state index contributed by atoms with van der Waals surface area (Å²) >= 11 is 0. The third-order valence-electron chi connectivity index (χ3n) is 5.80. The molecule has 0 amide bonds. The van der Waals surface area contributed by atoms with E-state index in [1.165, 1.54) is 52.8 Å². The fourth-order valence-electron chi connectivity index (χ4n) is 3.56. The topological polar surface area (TPSA) is 3.24 Å². The van der Waals surface area contributed by atoms with Gasteiger partial charge in [0.1, 0.15) is 0 Å². The third-order valence-corrected chi connectivity index (χ3v) is 5.80. The summed E-state index contributed by atoms with van der Waals surface area (Å²) in [5.74, 6) is 1.21. The normalized spacial score (nSPS) is 15.0. The molecule has 1 aromatic rings. The highest BCUT2D eigenvalue weighted by molar-refractivity contribution is 5.36. The van der Waals surface area contributed by atoms with Crippen molar-refractivity contribution in [1.29, 1.82) is 0 Å². The summed E-state index contributed by atoms with van der Waals surface area (Å²) in [4.78, 5) is 2.39. The Hall–Kier alpha value is -1.60. The number of hydrogen-bond donors (Lipinski definition) is 0. The van der Waals surface area contributed by atoms with Crippen LogP contribution in [-0.2, 0) is 0 Å². The largest absolute Gasteiger partial charge is 0.302 e. The van der Waals surface area contributed by atoms with Crippen molar-refractivity contribution < 1.29 is 0 Å². The molecule has 0 aliphatic carbocycles. The summed E-state index contributed by atoms with van der Waals surface area (Å²) < 4.78 is 0. The van der Waals surface area contributed by atoms with Gasteiger partial charge in [0.05, 0.1) is 0 Å². The highest BCUT2D eigenvalue weighted by Gasteiger charge is 2.17. The second-order valence-electron chi connectivity index (χ2n) is 8.93. The number of hydrogen-bond acceptors (Lipinski definition) is 1. The van der Waals surface area contributed by atoms with Gasteiger partial charge in [-0.2, -0.15) is 0 Å². The van der Waals surface area contributed by atoms with Gasteiger partial charge in [-0.05, 0) is 63.1 Å². The van der Waals surface area contributed by atoms with Crippen molar-refractivity contribution in [3.63, 3.8) is 0 Å². The van der Waals surface area contributed by atoms with Gasteiger partial charge in [-0.25, -0.2) is 0 Å². The molecule has 2 rings (SSSR count). The molecule has 0 bridgehead atoms. The molecule has 0 saturated heterocycles. The smallest absolute Gasteiger partial charge is 0.0232 e. The molecule has 170 valence electrons. The molecule has 0 N–H and O–H groups in total. The predicted octanol–water partition coefficient (Wildman–Crippen LogP) is 8.72. The number of benzene rings is 1. The summed E-state index contributed by atoms with van der Waals surface area (Å²) in [6, 6.07) is 8.71. The first kappa shape index (κ1) is 28.4. The summed E-state index contributed by atoms with van der Waals surface area (Å²) in [6.45, 7) is 28.1. The molecule has 0 spiro atoms. The maximum absolute atomic E-state index is 4.32. The second kappa shape index (κ2) is 15.2. The van der Waals surface area contributed by atoms with Gasteiger partial charge >= 0.3 is 0 Å². The van der Waals surface area contributed by atoms with Crippen LogP contribution in [-0.4, -0.2) is 25.0 Å². The van der Waals surface area contributed by atoms with Crippen molar-refractivity contribution in [2.45, 2.75) is 87.0 Å². The fraction of sp³-hybridized carbons (Fsp3) is 0.586. The Morgan fingerprint density at radius 1 is 1.03 bits per heavy atom. The molecular weight excluding hydrogens is 362 g/mol. The summed E-state index contributed by atoms with van der Waals surface area (Å²) in [5.41, 5.74) is 8.48. The van der Waals surface area contributed by atoms with E-state index in [0.29, 0.717) is 11.8 Å². The predicted molar refractivity (Wildman–Crippen MR) is 138 cm³/mol. The lowest BCUT2D eigenvalue weighted by Gasteiger charge is -2.28. The number of rotatable bonds is 7. The Balaban J connectivity index is 0.000000590. The lowest BCUT2D eigenvalue weighted by molar-refractivity contribution is 0.348. The Bertz CT molecular complexity index is 660. The van der Waals surface area contributed by atoms with E-state index >= 15 is 0 Å². The monoisotopic (exact) mass is 411 g/mol. The van der Waals surface area contributed by atoms with Crippen LogP contribution in [0.25, 0.3) is 0 Å². The minimum absolute atomic E-state index is 0.560. The van der Waals surface area contributed by atoms with E-state index in [4.69, 9.17) is 0 Å². The molecule has 30 heavy (non-hydrogen) atoms. The average Bonchev–Trinajstić information content (AvgIpc) is 2.72. The van der Waals surface area contributed by atoms with Gasteiger partial charge in [0, 0.05) is 13.1 Å². The van der Waals surface area contributed by atoms with Crippen molar-refractivity contribution in [2.24, 2.45) is 5.92 Å². The van der Waals surface area contributed by atoms with Crippen LogP contribution in [0.15, 0.2) is 59.7 Å². The van der Waals surface area contributed by atoms with Gasteiger partial charge in [-0.15, -0.1) is 0 Å². The van der Waals surface area contributed by atoms with Gasteiger partial charge in [-0.3, -0.25) is 0 Å². The van der Waals surface area contributed by atoms with E-state index in [9.17, 15) is 0 Å². The Morgan fingerprint density at radius 3 is 2.10 bits per heavy atom. The minimum atomic E-state index is 0.560. The summed E-state index contributed by atoms with van der Waals surface area (Å²) in [6.07, 6.45) is 4.60. The van der Waals surface area contributed by atoms with Gasteiger partial charge in [0.15, 0.2) is 0 Å². The standard InChI is InChI=1S/C17H29N.C10H14.C2H6/c1-7-8-13(2)15(4)11-16(5)17-12-18(6)10-9-14(17)3;1-8(2)10-6-4-9(3)5-7-10;1-2/h15H,2,5,7-12H2,1,3-4,6H3;4-8H,1-3H3;1-2H3. The zero-order valence-electron chi connectivity index (χ0n) is 21.6. The Labute approximate surface area is 189 Å². The molecular formula is C29H49N. The molecule has 1 aliphatic heterocycles. The van der Waals surface area contributed by atoms with E-state index in [1.54, 1.807) is 0 Å². The Morgan fingerprint density at radius 2 is 1.60 bits per heavy atom. The molecule has 1 aliphatic rings. The van der Waals surface area contributed by atoms with Crippen LogP contribution in [0.5, 0.6) is 0 Å².